The van der Waals surface area contributed by atoms with Gasteiger partial charge >= 0.3 is 0 Å². The van der Waals surface area contributed by atoms with Gasteiger partial charge in [0.05, 0.1) is 0 Å². The van der Waals surface area contributed by atoms with E-state index in [-0.39, 0.29) is 0 Å². The molecule has 1 N–H and O–H groups in total. The SMILES string of the molecule is CC1CCC2(CCC2)NC1. The summed E-state index contributed by atoms with van der Waals surface area (Å²) in [7, 11) is 0. The summed E-state index contributed by atoms with van der Waals surface area (Å²) in [5, 5.41) is 3.68. The molecule has 2 rings (SSSR count). The lowest BCUT2D eigenvalue weighted by molar-refractivity contribution is 0.121. The van der Waals surface area contributed by atoms with Crippen LogP contribution in [0.4, 0.5) is 0 Å². The molecule has 1 aliphatic carbocycles. The van der Waals surface area contributed by atoms with E-state index in [1.807, 2.05) is 0 Å². The highest BCUT2D eigenvalue weighted by molar-refractivity contribution is 4.98. The van der Waals surface area contributed by atoms with Crippen molar-refractivity contribution >= 4 is 0 Å². The number of nitrogens with one attached hydrogen (secondary N) is 1. The minimum atomic E-state index is 0.631. The molecule has 10 heavy (non-hydrogen) atoms. The van der Waals surface area contributed by atoms with Crippen molar-refractivity contribution in [3.63, 3.8) is 0 Å². The molecule has 58 valence electrons. The number of hydrogen-bond acceptors (Lipinski definition) is 1. The predicted octanol–water partition coefficient (Wildman–Crippen LogP) is 1.93. The van der Waals surface area contributed by atoms with Crippen molar-refractivity contribution in [2.24, 2.45) is 5.92 Å². The summed E-state index contributed by atoms with van der Waals surface area (Å²) in [6, 6.07) is 0. The Balaban J connectivity index is 1.90. The molecule has 1 unspecified atom stereocenters. The highest BCUT2D eigenvalue weighted by atomic mass is 15.0. The number of rotatable bonds is 0. The van der Waals surface area contributed by atoms with Crippen LogP contribution in [0.5, 0.6) is 0 Å². The van der Waals surface area contributed by atoms with E-state index in [0.29, 0.717) is 5.54 Å². The maximum absolute atomic E-state index is 3.68. The van der Waals surface area contributed by atoms with E-state index in [1.165, 1.54) is 38.6 Å². The highest BCUT2D eigenvalue weighted by Crippen LogP contribution is 2.39. The van der Waals surface area contributed by atoms with Crippen LogP contribution in [0.25, 0.3) is 0 Å². The van der Waals surface area contributed by atoms with Crippen molar-refractivity contribution in [3.05, 3.63) is 0 Å². The third-order valence-corrected chi connectivity index (χ3v) is 3.25. The van der Waals surface area contributed by atoms with E-state index in [2.05, 4.69) is 12.2 Å². The van der Waals surface area contributed by atoms with Gasteiger partial charge < -0.3 is 5.32 Å². The molecule has 0 aromatic rings. The minimum absolute atomic E-state index is 0.631. The summed E-state index contributed by atoms with van der Waals surface area (Å²) in [6.45, 7) is 3.61. The molecule has 0 bridgehead atoms. The largest absolute Gasteiger partial charge is 0.311 e. The number of hydrogen-bond donors (Lipinski definition) is 1. The molecule has 1 saturated carbocycles. The molecule has 0 aromatic heterocycles. The quantitative estimate of drug-likeness (QED) is 0.540. The van der Waals surface area contributed by atoms with Crippen LogP contribution in [-0.4, -0.2) is 12.1 Å². The first-order valence-corrected chi connectivity index (χ1v) is 4.56. The Labute approximate surface area is 63.2 Å². The normalized spacial score (nSPS) is 37.5. The molecule has 0 aromatic carbocycles. The van der Waals surface area contributed by atoms with Crippen molar-refractivity contribution in [1.82, 2.24) is 5.32 Å². The van der Waals surface area contributed by atoms with Crippen LogP contribution in [0.15, 0.2) is 0 Å². The summed E-state index contributed by atoms with van der Waals surface area (Å²) in [6.07, 6.45) is 7.24. The molecule has 0 amide bonds. The summed E-state index contributed by atoms with van der Waals surface area (Å²) in [4.78, 5) is 0. The fourth-order valence-electron chi connectivity index (χ4n) is 2.13. The van der Waals surface area contributed by atoms with Crippen LogP contribution in [-0.2, 0) is 0 Å². The molecular formula is C9H17N. The Morgan fingerprint density at radius 3 is 2.50 bits per heavy atom. The van der Waals surface area contributed by atoms with Gasteiger partial charge in [-0.25, -0.2) is 0 Å². The smallest absolute Gasteiger partial charge is 0.0181 e. The molecule has 0 radical (unpaired) electrons. The third kappa shape index (κ3) is 0.968. The van der Waals surface area contributed by atoms with E-state index in [1.54, 1.807) is 0 Å². The van der Waals surface area contributed by atoms with Gasteiger partial charge in [0.2, 0.25) is 0 Å². The summed E-state index contributed by atoms with van der Waals surface area (Å²) in [5.41, 5.74) is 0.631. The van der Waals surface area contributed by atoms with Gasteiger partial charge in [0.25, 0.3) is 0 Å². The van der Waals surface area contributed by atoms with Crippen molar-refractivity contribution < 1.29 is 0 Å². The fourth-order valence-corrected chi connectivity index (χ4v) is 2.13. The third-order valence-electron chi connectivity index (χ3n) is 3.25. The molecule has 1 heteroatoms. The summed E-state index contributed by atoms with van der Waals surface area (Å²) < 4.78 is 0. The van der Waals surface area contributed by atoms with Gasteiger partial charge in [0, 0.05) is 5.54 Å². The second-order valence-electron chi connectivity index (χ2n) is 4.16. The fraction of sp³-hybridized carbons (Fsp3) is 1.00. The van der Waals surface area contributed by atoms with Gasteiger partial charge in [-0.05, 0) is 44.6 Å². The first-order chi connectivity index (χ1) is 4.81. The lowest BCUT2D eigenvalue weighted by Gasteiger charge is -2.47. The van der Waals surface area contributed by atoms with Gasteiger partial charge in [-0.1, -0.05) is 6.92 Å². The van der Waals surface area contributed by atoms with Gasteiger partial charge in [-0.15, -0.1) is 0 Å². The maximum atomic E-state index is 3.68. The zero-order chi connectivity index (χ0) is 7.03. The van der Waals surface area contributed by atoms with E-state index in [4.69, 9.17) is 0 Å². The Hall–Kier alpha value is -0.0400. The van der Waals surface area contributed by atoms with Crippen LogP contribution < -0.4 is 5.32 Å². The van der Waals surface area contributed by atoms with E-state index < -0.39 is 0 Å². The second kappa shape index (κ2) is 2.23. The zero-order valence-electron chi connectivity index (χ0n) is 6.82. The molecule has 1 saturated heterocycles. The van der Waals surface area contributed by atoms with Gasteiger partial charge in [-0.2, -0.15) is 0 Å². The number of piperidine rings is 1. The zero-order valence-corrected chi connectivity index (χ0v) is 6.82. The second-order valence-corrected chi connectivity index (χ2v) is 4.16. The van der Waals surface area contributed by atoms with Crippen molar-refractivity contribution in [1.29, 1.82) is 0 Å². The van der Waals surface area contributed by atoms with Crippen LogP contribution in [0.3, 0.4) is 0 Å². The van der Waals surface area contributed by atoms with Gasteiger partial charge in [-0.3, -0.25) is 0 Å². The molecule has 1 nitrogen and oxygen atoms in total. The molecular weight excluding hydrogens is 122 g/mol. The van der Waals surface area contributed by atoms with Crippen LogP contribution in [0.2, 0.25) is 0 Å². The maximum Gasteiger partial charge on any atom is 0.0181 e. The Morgan fingerprint density at radius 2 is 2.10 bits per heavy atom. The van der Waals surface area contributed by atoms with Crippen molar-refractivity contribution in [2.45, 2.75) is 44.6 Å². The topological polar surface area (TPSA) is 12.0 Å². The Morgan fingerprint density at radius 1 is 1.30 bits per heavy atom. The average molecular weight is 139 g/mol. The molecule has 1 heterocycles. The Kier molecular flexibility index (Phi) is 1.48. The molecule has 1 atom stereocenters. The standard InChI is InChI=1S/C9H17N/c1-8-3-6-9(10-7-8)4-2-5-9/h8,10H,2-7H2,1H3. The lowest BCUT2D eigenvalue weighted by atomic mass is 9.70. The average Bonchev–Trinajstić information content (AvgIpc) is 1.86. The highest BCUT2D eigenvalue weighted by Gasteiger charge is 2.38. The lowest BCUT2D eigenvalue weighted by Crippen LogP contribution is -2.55. The molecule has 2 fully saturated rings. The van der Waals surface area contributed by atoms with E-state index in [0.717, 1.165) is 5.92 Å². The molecule has 2 aliphatic rings. The van der Waals surface area contributed by atoms with E-state index in [9.17, 15) is 0 Å². The first-order valence-electron chi connectivity index (χ1n) is 4.56. The summed E-state index contributed by atoms with van der Waals surface area (Å²) in [5.74, 6) is 0.922. The predicted molar refractivity (Wildman–Crippen MR) is 43.0 cm³/mol. The Bertz CT molecular complexity index is 117. The van der Waals surface area contributed by atoms with Gasteiger partial charge in [0.15, 0.2) is 0 Å². The van der Waals surface area contributed by atoms with Crippen molar-refractivity contribution in [2.75, 3.05) is 6.54 Å². The van der Waals surface area contributed by atoms with Crippen LogP contribution in [0, 0.1) is 5.92 Å². The summed E-state index contributed by atoms with van der Waals surface area (Å²) >= 11 is 0. The molecule has 1 spiro atoms. The monoisotopic (exact) mass is 139 g/mol. The first kappa shape index (κ1) is 6.66. The van der Waals surface area contributed by atoms with Crippen LogP contribution >= 0.6 is 0 Å². The van der Waals surface area contributed by atoms with Crippen LogP contribution in [0.1, 0.15) is 39.0 Å². The minimum Gasteiger partial charge on any atom is -0.311 e. The molecule has 1 aliphatic heterocycles. The van der Waals surface area contributed by atoms with Crippen molar-refractivity contribution in [3.8, 4) is 0 Å². The van der Waals surface area contributed by atoms with Gasteiger partial charge in [0.1, 0.15) is 0 Å². The van der Waals surface area contributed by atoms with E-state index >= 15 is 0 Å².